The number of aromatic nitrogens is 1. The van der Waals surface area contributed by atoms with Crippen LogP contribution in [0.2, 0.25) is 15.2 Å². The minimum absolute atomic E-state index is 0.0603. The first-order valence-electron chi connectivity index (χ1n) is 11.3. The fourth-order valence-corrected chi connectivity index (χ4v) is 5.59. The fraction of sp³-hybridized carbons (Fsp3) is 0.259. The zero-order valence-corrected chi connectivity index (χ0v) is 20.8. The monoisotopic (exact) mass is 511 g/mol. The molecule has 1 fully saturated rings. The van der Waals surface area contributed by atoms with Gasteiger partial charge in [-0.1, -0.05) is 65.2 Å². The van der Waals surface area contributed by atoms with E-state index in [1.807, 2.05) is 47.4 Å². The van der Waals surface area contributed by atoms with E-state index in [0.29, 0.717) is 22.3 Å². The predicted molar refractivity (Wildman–Crippen MR) is 140 cm³/mol. The van der Waals surface area contributed by atoms with Crippen LogP contribution in [0.25, 0.3) is 6.08 Å². The molecule has 4 nitrogen and oxygen atoms in total. The van der Waals surface area contributed by atoms with Gasteiger partial charge in [0.05, 0.1) is 0 Å². The number of hydrogen-bond acceptors (Lipinski definition) is 3. The summed E-state index contributed by atoms with van der Waals surface area (Å²) >= 11 is 18.7. The highest BCUT2D eigenvalue weighted by Crippen LogP contribution is 2.48. The first-order valence-corrected chi connectivity index (χ1v) is 12.5. The summed E-state index contributed by atoms with van der Waals surface area (Å²) in [5, 5.41) is 1.77. The maximum absolute atomic E-state index is 13.4. The van der Waals surface area contributed by atoms with Crippen molar-refractivity contribution in [3.63, 3.8) is 0 Å². The average Bonchev–Trinajstić information content (AvgIpc) is 3.14. The van der Waals surface area contributed by atoms with E-state index in [1.54, 1.807) is 18.3 Å². The van der Waals surface area contributed by atoms with Crippen LogP contribution < -0.4 is 4.90 Å². The Morgan fingerprint density at radius 1 is 1.03 bits per heavy atom. The van der Waals surface area contributed by atoms with Gasteiger partial charge in [-0.25, -0.2) is 4.98 Å². The van der Waals surface area contributed by atoms with Gasteiger partial charge >= 0.3 is 0 Å². The predicted octanol–water partition coefficient (Wildman–Crippen LogP) is 6.75. The van der Waals surface area contributed by atoms with Crippen molar-refractivity contribution in [2.75, 3.05) is 31.1 Å². The lowest BCUT2D eigenvalue weighted by molar-refractivity contribution is 0.0977. The molecule has 0 saturated carbocycles. The maximum atomic E-state index is 13.4. The zero-order valence-electron chi connectivity index (χ0n) is 18.6. The minimum Gasteiger partial charge on any atom is -0.307 e. The number of benzene rings is 2. The van der Waals surface area contributed by atoms with Crippen LogP contribution in [0.15, 0.2) is 66.9 Å². The van der Waals surface area contributed by atoms with Gasteiger partial charge in [-0.2, -0.15) is 0 Å². The van der Waals surface area contributed by atoms with Crippen molar-refractivity contribution in [3.05, 3.63) is 98.8 Å². The molecule has 3 aromatic rings. The number of likely N-dealkylation sites (tertiary alicyclic amines) is 1. The van der Waals surface area contributed by atoms with Crippen LogP contribution in [0.5, 0.6) is 0 Å². The third-order valence-electron chi connectivity index (χ3n) is 6.88. The van der Waals surface area contributed by atoms with Gasteiger partial charge in [0.1, 0.15) is 5.15 Å². The summed E-state index contributed by atoms with van der Waals surface area (Å²) in [6.07, 6.45) is 7.74. The quantitative estimate of drug-likeness (QED) is 0.363. The molecule has 7 heteroatoms. The fourth-order valence-electron chi connectivity index (χ4n) is 5.04. The molecule has 0 unspecified atom stereocenters. The molecule has 0 atom stereocenters. The second-order valence-corrected chi connectivity index (χ2v) is 10.2. The Bertz CT molecular complexity index is 1250. The Morgan fingerprint density at radius 2 is 1.82 bits per heavy atom. The molecule has 5 rings (SSSR count). The molecule has 2 aliphatic rings. The standard InChI is InChI=1S/C27H24Cl3N3O/c28-21-7-8-24-22(17-21)27(18-33(24)26(34)20-9-12-31-25(30)16-20)10-14-32(15-11-27)13-3-5-19-4-1-2-6-23(19)29/h1-9,12,16-17H,10-11,13-15,18H2. The van der Waals surface area contributed by atoms with Crippen LogP contribution >= 0.6 is 34.8 Å². The molecule has 1 spiro atoms. The average molecular weight is 513 g/mol. The summed E-state index contributed by atoms with van der Waals surface area (Å²) in [5.41, 5.74) is 3.58. The Morgan fingerprint density at radius 3 is 2.59 bits per heavy atom. The molecule has 34 heavy (non-hydrogen) atoms. The third-order valence-corrected chi connectivity index (χ3v) is 7.67. The Balaban J connectivity index is 1.33. The summed E-state index contributed by atoms with van der Waals surface area (Å²) in [6, 6.07) is 17.0. The Labute approximate surface area is 214 Å². The van der Waals surface area contributed by atoms with Crippen molar-refractivity contribution in [1.82, 2.24) is 9.88 Å². The molecule has 2 aliphatic heterocycles. The molecule has 1 saturated heterocycles. The highest BCUT2D eigenvalue weighted by Gasteiger charge is 2.46. The minimum atomic E-state index is -0.102. The Kier molecular flexibility index (Phi) is 6.67. The van der Waals surface area contributed by atoms with Crippen molar-refractivity contribution in [3.8, 4) is 0 Å². The molecule has 1 aromatic heterocycles. The van der Waals surface area contributed by atoms with Gasteiger partial charge < -0.3 is 4.90 Å². The molecule has 0 aliphatic carbocycles. The van der Waals surface area contributed by atoms with Gasteiger partial charge in [0.15, 0.2) is 0 Å². The van der Waals surface area contributed by atoms with Crippen molar-refractivity contribution >= 4 is 52.5 Å². The van der Waals surface area contributed by atoms with Crippen LogP contribution in [-0.2, 0) is 5.41 Å². The number of fused-ring (bicyclic) bond motifs is 2. The van der Waals surface area contributed by atoms with E-state index in [0.717, 1.165) is 48.7 Å². The van der Waals surface area contributed by atoms with Gasteiger partial charge in [0.25, 0.3) is 5.91 Å². The van der Waals surface area contributed by atoms with Gasteiger partial charge in [0.2, 0.25) is 0 Å². The van der Waals surface area contributed by atoms with Gasteiger partial charge in [0, 0.05) is 46.0 Å². The smallest absolute Gasteiger partial charge is 0.258 e. The van der Waals surface area contributed by atoms with E-state index in [9.17, 15) is 4.79 Å². The molecule has 0 bridgehead atoms. The van der Waals surface area contributed by atoms with E-state index >= 15 is 0 Å². The number of hydrogen-bond donors (Lipinski definition) is 0. The molecule has 0 N–H and O–H groups in total. The number of amides is 1. The number of piperidine rings is 1. The van der Waals surface area contributed by atoms with E-state index in [1.165, 1.54) is 5.56 Å². The van der Waals surface area contributed by atoms with Crippen molar-refractivity contribution in [2.45, 2.75) is 18.3 Å². The van der Waals surface area contributed by atoms with Crippen molar-refractivity contribution in [2.24, 2.45) is 0 Å². The van der Waals surface area contributed by atoms with Crippen LogP contribution in [-0.4, -0.2) is 42.0 Å². The second kappa shape index (κ2) is 9.71. The van der Waals surface area contributed by atoms with E-state index in [-0.39, 0.29) is 11.3 Å². The van der Waals surface area contributed by atoms with Crippen molar-refractivity contribution < 1.29 is 4.79 Å². The molecule has 1 amide bonds. The molecule has 174 valence electrons. The maximum Gasteiger partial charge on any atom is 0.258 e. The third kappa shape index (κ3) is 4.60. The summed E-state index contributed by atoms with van der Waals surface area (Å²) < 4.78 is 0. The topological polar surface area (TPSA) is 36.4 Å². The molecular weight excluding hydrogens is 489 g/mol. The highest BCUT2D eigenvalue weighted by atomic mass is 35.5. The number of anilines is 1. The lowest BCUT2D eigenvalue weighted by Gasteiger charge is -2.39. The summed E-state index contributed by atoms with van der Waals surface area (Å²) in [5.74, 6) is -0.0603. The van der Waals surface area contributed by atoms with Gasteiger partial charge in [-0.05, 0) is 73.5 Å². The molecule has 3 heterocycles. The largest absolute Gasteiger partial charge is 0.307 e. The van der Waals surface area contributed by atoms with Crippen molar-refractivity contribution in [1.29, 1.82) is 0 Å². The summed E-state index contributed by atoms with van der Waals surface area (Å²) in [6.45, 7) is 3.40. The summed E-state index contributed by atoms with van der Waals surface area (Å²) in [4.78, 5) is 21.7. The number of carbonyl (C=O) groups is 1. The van der Waals surface area contributed by atoms with Gasteiger partial charge in [-0.15, -0.1) is 0 Å². The van der Waals surface area contributed by atoms with Crippen LogP contribution in [0, 0.1) is 0 Å². The molecular formula is C27H24Cl3N3O. The zero-order chi connectivity index (χ0) is 23.7. The van der Waals surface area contributed by atoms with E-state index in [4.69, 9.17) is 34.8 Å². The van der Waals surface area contributed by atoms with Crippen LogP contribution in [0.1, 0.15) is 34.3 Å². The molecule has 0 radical (unpaired) electrons. The number of rotatable bonds is 4. The van der Waals surface area contributed by atoms with E-state index in [2.05, 4.69) is 22.0 Å². The second-order valence-electron chi connectivity index (χ2n) is 8.92. The number of carbonyl (C=O) groups excluding carboxylic acids is 1. The summed E-state index contributed by atoms with van der Waals surface area (Å²) in [7, 11) is 0. The lowest BCUT2D eigenvalue weighted by atomic mass is 9.74. The first kappa shape index (κ1) is 23.4. The van der Waals surface area contributed by atoms with Crippen LogP contribution in [0.3, 0.4) is 0 Å². The van der Waals surface area contributed by atoms with E-state index < -0.39 is 0 Å². The number of nitrogens with zero attached hydrogens (tertiary/aromatic N) is 3. The number of halogens is 3. The Hall–Kier alpha value is -2.37. The normalized spacial score (nSPS) is 17.4. The lowest BCUT2D eigenvalue weighted by Crippen LogP contribution is -2.46. The SMILES string of the molecule is O=C(c1ccnc(Cl)c1)N1CC2(CCN(CC=Cc3ccccc3Cl)CC2)c2cc(Cl)ccc21. The molecule has 2 aromatic carbocycles. The highest BCUT2D eigenvalue weighted by molar-refractivity contribution is 6.32. The van der Waals surface area contributed by atoms with Gasteiger partial charge in [-0.3, -0.25) is 9.69 Å². The first-order chi connectivity index (χ1) is 16.4. The number of pyridine rings is 1. The van der Waals surface area contributed by atoms with Crippen LogP contribution in [0.4, 0.5) is 5.69 Å².